The lowest BCUT2D eigenvalue weighted by Gasteiger charge is -2.46. The Morgan fingerprint density at radius 1 is 0.547 bits per heavy atom. The molecule has 14 nitrogen and oxygen atoms in total. The summed E-state index contributed by atoms with van der Waals surface area (Å²) in [4.78, 5) is 13.2. The molecule has 2 aliphatic heterocycles. The summed E-state index contributed by atoms with van der Waals surface area (Å²) < 4.78 is 22.7. The van der Waals surface area contributed by atoms with E-state index in [0.29, 0.717) is 12.8 Å². The Kier molecular flexibility index (Phi) is 34.3. The van der Waals surface area contributed by atoms with Gasteiger partial charge in [-0.3, -0.25) is 4.79 Å². The van der Waals surface area contributed by atoms with Crippen LogP contribution in [-0.4, -0.2) is 140 Å². The van der Waals surface area contributed by atoms with Crippen LogP contribution in [0.4, 0.5) is 0 Å². The van der Waals surface area contributed by atoms with E-state index < -0.39 is 86.8 Å². The smallest absolute Gasteiger partial charge is 0.220 e. The third-order valence-electron chi connectivity index (χ3n) is 12.6. The van der Waals surface area contributed by atoms with Crippen LogP contribution >= 0.6 is 0 Å². The van der Waals surface area contributed by atoms with E-state index in [1.54, 1.807) is 6.08 Å². The molecule has 12 unspecified atom stereocenters. The molecule has 0 aliphatic carbocycles. The number of unbranched alkanes of at least 4 members (excludes halogenated alkanes) is 24. The molecule has 2 aliphatic rings. The number of hydrogen-bond donors (Lipinski definition) is 9. The Morgan fingerprint density at radius 3 is 1.53 bits per heavy atom. The summed E-state index contributed by atoms with van der Waals surface area (Å²) in [6, 6.07) is -0.925. The highest BCUT2D eigenvalue weighted by Gasteiger charge is 2.51. The molecule has 64 heavy (non-hydrogen) atoms. The first-order valence-corrected chi connectivity index (χ1v) is 25.6. The van der Waals surface area contributed by atoms with Crippen LogP contribution in [0.15, 0.2) is 24.3 Å². The topological polar surface area (TPSA) is 228 Å². The van der Waals surface area contributed by atoms with E-state index in [2.05, 4.69) is 31.3 Å². The van der Waals surface area contributed by atoms with Crippen molar-refractivity contribution >= 4 is 5.91 Å². The first-order chi connectivity index (χ1) is 31.1. The average molecular weight is 916 g/mol. The third-order valence-corrected chi connectivity index (χ3v) is 12.6. The van der Waals surface area contributed by atoms with E-state index in [9.17, 15) is 45.6 Å². The summed E-state index contributed by atoms with van der Waals surface area (Å²) >= 11 is 0. The second-order valence-electron chi connectivity index (χ2n) is 18.3. The molecule has 2 rings (SSSR count). The number of aliphatic hydroxyl groups is 8. The van der Waals surface area contributed by atoms with Crippen molar-refractivity contribution in [1.82, 2.24) is 5.32 Å². The lowest BCUT2D eigenvalue weighted by molar-refractivity contribution is -0.359. The maximum absolute atomic E-state index is 13.2. The van der Waals surface area contributed by atoms with E-state index in [4.69, 9.17) is 18.9 Å². The van der Waals surface area contributed by atoms with Crippen molar-refractivity contribution in [3.05, 3.63) is 24.3 Å². The molecular formula is C50H93NO13. The van der Waals surface area contributed by atoms with Crippen molar-refractivity contribution in [2.75, 3.05) is 19.8 Å². The van der Waals surface area contributed by atoms with Crippen LogP contribution in [0.5, 0.6) is 0 Å². The number of amides is 1. The molecule has 0 saturated carbocycles. The highest BCUT2D eigenvalue weighted by atomic mass is 16.7. The van der Waals surface area contributed by atoms with Gasteiger partial charge in [-0.2, -0.15) is 0 Å². The molecule has 12 atom stereocenters. The number of hydrogen-bond acceptors (Lipinski definition) is 13. The maximum atomic E-state index is 13.2. The Hall–Kier alpha value is -1.53. The second-order valence-corrected chi connectivity index (χ2v) is 18.3. The number of allylic oxidation sites excluding steroid dienone is 3. The van der Waals surface area contributed by atoms with Gasteiger partial charge in [0.05, 0.1) is 32.0 Å². The zero-order valence-electron chi connectivity index (χ0n) is 39.8. The molecule has 376 valence electrons. The van der Waals surface area contributed by atoms with E-state index in [0.717, 1.165) is 32.1 Å². The molecule has 9 N–H and O–H groups in total. The van der Waals surface area contributed by atoms with Crippen molar-refractivity contribution in [2.45, 2.75) is 267 Å². The predicted octanol–water partition coefficient (Wildman–Crippen LogP) is 6.55. The average Bonchev–Trinajstić information content (AvgIpc) is 3.29. The van der Waals surface area contributed by atoms with Crippen molar-refractivity contribution in [3.63, 3.8) is 0 Å². The highest BCUT2D eigenvalue weighted by molar-refractivity contribution is 5.76. The fourth-order valence-corrected chi connectivity index (χ4v) is 8.42. The fraction of sp³-hybridized carbons (Fsp3) is 0.900. The molecule has 0 radical (unpaired) electrons. The Bertz CT molecular complexity index is 1170. The van der Waals surface area contributed by atoms with Crippen molar-refractivity contribution < 1.29 is 64.6 Å². The van der Waals surface area contributed by atoms with E-state index >= 15 is 0 Å². The first kappa shape index (κ1) is 58.6. The number of ether oxygens (including phenoxy) is 4. The van der Waals surface area contributed by atoms with Gasteiger partial charge in [0.2, 0.25) is 5.91 Å². The number of carbonyl (C=O) groups is 1. The van der Waals surface area contributed by atoms with E-state index in [1.165, 1.54) is 128 Å². The van der Waals surface area contributed by atoms with Crippen LogP contribution in [0.1, 0.15) is 194 Å². The number of nitrogens with one attached hydrogen (secondary N) is 1. The monoisotopic (exact) mass is 916 g/mol. The van der Waals surface area contributed by atoms with Crippen molar-refractivity contribution in [2.24, 2.45) is 0 Å². The largest absolute Gasteiger partial charge is 0.394 e. The molecular weight excluding hydrogens is 823 g/mol. The van der Waals surface area contributed by atoms with Gasteiger partial charge >= 0.3 is 0 Å². The van der Waals surface area contributed by atoms with Gasteiger partial charge in [-0.15, -0.1) is 0 Å². The Balaban J connectivity index is 1.84. The summed E-state index contributed by atoms with van der Waals surface area (Å²) in [6.07, 6.45) is 23.7. The summed E-state index contributed by atoms with van der Waals surface area (Å²) in [5.74, 6) is -0.249. The lowest BCUT2D eigenvalue weighted by Crippen LogP contribution is -2.65. The zero-order chi connectivity index (χ0) is 46.8. The molecule has 2 fully saturated rings. The van der Waals surface area contributed by atoms with Gasteiger partial charge in [-0.1, -0.05) is 179 Å². The standard InChI is InChI=1S/C50H93NO13/c1-3-5-7-9-11-13-15-17-18-19-20-21-22-24-26-28-30-32-34-42(55)51-38(39(54)33-31-29-27-25-23-16-14-12-10-8-6-4-2)37-61-49-47(60)45(58)48(41(36-53)63-49)64-50-46(59)44(57)43(56)40(35-52)62-50/h23,25,31,33,38-41,43-50,52-54,56-60H,3-22,24,26-30,32,34-37H2,1-2H3,(H,51,55)/b25-23+,33-31+. The van der Waals surface area contributed by atoms with Gasteiger partial charge in [0.15, 0.2) is 12.6 Å². The number of rotatable bonds is 39. The van der Waals surface area contributed by atoms with Gasteiger partial charge in [0.25, 0.3) is 0 Å². The van der Waals surface area contributed by atoms with E-state index in [-0.39, 0.29) is 18.9 Å². The fourth-order valence-electron chi connectivity index (χ4n) is 8.42. The minimum Gasteiger partial charge on any atom is -0.394 e. The lowest BCUT2D eigenvalue weighted by atomic mass is 9.97. The van der Waals surface area contributed by atoms with Crippen LogP contribution < -0.4 is 5.32 Å². The van der Waals surface area contributed by atoms with Gasteiger partial charge in [-0.05, 0) is 32.1 Å². The van der Waals surface area contributed by atoms with Crippen molar-refractivity contribution in [1.29, 1.82) is 0 Å². The normalized spacial score (nSPS) is 27.4. The van der Waals surface area contributed by atoms with Crippen molar-refractivity contribution in [3.8, 4) is 0 Å². The van der Waals surface area contributed by atoms with Gasteiger partial charge < -0.3 is 65.1 Å². The third kappa shape index (κ3) is 24.5. The summed E-state index contributed by atoms with van der Waals surface area (Å²) in [6.45, 7) is 2.75. The van der Waals surface area contributed by atoms with Crippen LogP contribution in [-0.2, 0) is 23.7 Å². The van der Waals surface area contributed by atoms with Crippen LogP contribution in [0, 0.1) is 0 Å². The second kappa shape index (κ2) is 37.5. The van der Waals surface area contributed by atoms with Gasteiger partial charge in [0, 0.05) is 6.42 Å². The zero-order valence-corrected chi connectivity index (χ0v) is 39.8. The van der Waals surface area contributed by atoms with Crippen LogP contribution in [0.25, 0.3) is 0 Å². The number of carbonyl (C=O) groups excluding carboxylic acids is 1. The Labute approximate surface area is 386 Å². The summed E-state index contributed by atoms with van der Waals surface area (Å²) in [5.41, 5.74) is 0. The molecule has 0 aromatic heterocycles. The molecule has 1 amide bonds. The summed E-state index contributed by atoms with van der Waals surface area (Å²) in [7, 11) is 0. The first-order valence-electron chi connectivity index (χ1n) is 25.6. The predicted molar refractivity (Wildman–Crippen MR) is 249 cm³/mol. The molecule has 0 aromatic carbocycles. The van der Waals surface area contributed by atoms with Gasteiger partial charge in [-0.25, -0.2) is 0 Å². The van der Waals surface area contributed by atoms with Gasteiger partial charge in [0.1, 0.15) is 48.8 Å². The molecule has 0 spiro atoms. The highest BCUT2D eigenvalue weighted by Crippen LogP contribution is 2.30. The van der Waals surface area contributed by atoms with Crippen LogP contribution in [0.2, 0.25) is 0 Å². The van der Waals surface area contributed by atoms with E-state index in [1.807, 2.05) is 6.08 Å². The molecule has 14 heteroatoms. The minimum absolute atomic E-state index is 0.249. The summed E-state index contributed by atoms with van der Waals surface area (Å²) in [5, 5.41) is 86.6. The molecule has 2 saturated heterocycles. The quantitative estimate of drug-likeness (QED) is 0.0236. The molecule has 2 heterocycles. The SMILES string of the molecule is CCCCCCCC/C=C/CC/C=C/C(O)C(COC1OC(CO)C(OC2OC(CO)C(O)C(O)C2O)C(O)C1O)NC(=O)CCCCCCCCCCCCCCCCCCCC. The molecule has 0 bridgehead atoms. The Morgan fingerprint density at radius 2 is 1.00 bits per heavy atom. The maximum Gasteiger partial charge on any atom is 0.220 e. The van der Waals surface area contributed by atoms with Crippen LogP contribution in [0.3, 0.4) is 0 Å². The minimum atomic E-state index is -1.79. The number of aliphatic hydroxyl groups excluding tert-OH is 8. The molecule has 0 aromatic rings.